The van der Waals surface area contributed by atoms with E-state index in [1.807, 2.05) is 0 Å². The van der Waals surface area contributed by atoms with Crippen molar-refractivity contribution in [2.24, 2.45) is 11.5 Å². The van der Waals surface area contributed by atoms with E-state index in [2.05, 4.69) is 17.3 Å². The number of likely N-dealkylation sites (N-methyl/N-ethyl adjacent to an activating group) is 1. The predicted molar refractivity (Wildman–Crippen MR) is 84.2 cm³/mol. The first-order valence-electron chi connectivity index (χ1n) is 7.19. The van der Waals surface area contributed by atoms with Gasteiger partial charge >= 0.3 is 0 Å². The van der Waals surface area contributed by atoms with Crippen LogP contribution in [0, 0.1) is 0 Å². The Balaban J connectivity index is 2.34. The van der Waals surface area contributed by atoms with Crippen molar-refractivity contribution in [3.63, 3.8) is 0 Å². The zero-order chi connectivity index (χ0) is 16.3. The summed E-state index contributed by atoms with van der Waals surface area (Å²) >= 11 is 0. The second-order valence-corrected chi connectivity index (χ2v) is 5.58. The third kappa shape index (κ3) is 3.48. The number of anilines is 1. The quantitative estimate of drug-likeness (QED) is 0.729. The number of nitrogens with one attached hydrogen (secondary N) is 1. The molecule has 1 saturated heterocycles. The first-order chi connectivity index (χ1) is 10.4. The lowest BCUT2D eigenvalue weighted by molar-refractivity contribution is 0.0964. The minimum atomic E-state index is -0.741. The zero-order valence-electron chi connectivity index (χ0n) is 12.9. The van der Waals surface area contributed by atoms with Gasteiger partial charge in [-0.15, -0.1) is 0 Å². The summed E-state index contributed by atoms with van der Waals surface area (Å²) in [4.78, 5) is 25.4. The molecular weight excluding hydrogens is 284 g/mol. The number of rotatable bonds is 5. The molecule has 1 aromatic carbocycles. The lowest BCUT2D eigenvalue weighted by atomic mass is 10.0. The van der Waals surface area contributed by atoms with Crippen LogP contribution in [0.4, 0.5) is 5.69 Å². The fraction of sp³-hybridized carbons (Fsp3) is 0.467. The molecule has 120 valence electrons. The highest BCUT2D eigenvalue weighted by atomic mass is 16.5. The van der Waals surface area contributed by atoms with Crippen molar-refractivity contribution in [2.75, 3.05) is 32.6 Å². The van der Waals surface area contributed by atoms with Gasteiger partial charge in [-0.2, -0.15) is 0 Å². The summed E-state index contributed by atoms with van der Waals surface area (Å²) in [6.07, 6.45) is 2.14. The summed E-state index contributed by atoms with van der Waals surface area (Å²) in [7, 11) is 3.49. The fourth-order valence-corrected chi connectivity index (χ4v) is 2.83. The SMILES string of the molecule is COc1cc(NC2CCCN(C)C2)cc(C(N)=O)c1C(N)=O. The van der Waals surface area contributed by atoms with Gasteiger partial charge in [-0.1, -0.05) is 0 Å². The van der Waals surface area contributed by atoms with Crippen LogP contribution in [0.3, 0.4) is 0 Å². The number of benzene rings is 1. The molecular formula is C15H22N4O3. The van der Waals surface area contributed by atoms with Crippen molar-refractivity contribution in [1.29, 1.82) is 0 Å². The summed E-state index contributed by atoms with van der Waals surface area (Å²) in [5.41, 5.74) is 11.5. The number of amides is 2. The van der Waals surface area contributed by atoms with Gasteiger partial charge in [-0.3, -0.25) is 9.59 Å². The zero-order valence-corrected chi connectivity index (χ0v) is 12.9. The largest absolute Gasteiger partial charge is 0.496 e. The van der Waals surface area contributed by atoms with Crippen molar-refractivity contribution in [1.82, 2.24) is 4.90 Å². The third-order valence-corrected chi connectivity index (χ3v) is 3.83. The third-order valence-electron chi connectivity index (χ3n) is 3.83. The van der Waals surface area contributed by atoms with Crippen LogP contribution in [0.15, 0.2) is 12.1 Å². The van der Waals surface area contributed by atoms with Gasteiger partial charge in [0.2, 0.25) is 5.91 Å². The molecule has 2 amide bonds. The fourth-order valence-electron chi connectivity index (χ4n) is 2.83. The first-order valence-corrected chi connectivity index (χ1v) is 7.19. The van der Waals surface area contributed by atoms with E-state index in [1.54, 1.807) is 12.1 Å². The molecule has 1 aliphatic rings. The highest BCUT2D eigenvalue weighted by molar-refractivity contribution is 6.08. The number of likely N-dealkylation sites (tertiary alicyclic amines) is 1. The molecule has 5 N–H and O–H groups in total. The number of piperidine rings is 1. The summed E-state index contributed by atoms with van der Waals surface area (Å²) < 4.78 is 5.19. The Labute approximate surface area is 129 Å². The van der Waals surface area contributed by atoms with Crippen LogP contribution >= 0.6 is 0 Å². The molecule has 0 aromatic heterocycles. The molecule has 1 fully saturated rings. The van der Waals surface area contributed by atoms with E-state index in [4.69, 9.17) is 16.2 Å². The van der Waals surface area contributed by atoms with Gasteiger partial charge in [-0.05, 0) is 32.5 Å². The van der Waals surface area contributed by atoms with E-state index in [-0.39, 0.29) is 22.9 Å². The number of primary amides is 2. The number of methoxy groups -OCH3 is 1. The molecule has 7 nitrogen and oxygen atoms in total. The minimum absolute atomic E-state index is 0.0151. The Morgan fingerprint density at radius 1 is 1.32 bits per heavy atom. The number of carbonyl (C=O) groups excluding carboxylic acids is 2. The number of hydrogen-bond acceptors (Lipinski definition) is 5. The normalized spacial score (nSPS) is 18.7. The summed E-state index contributed by atoms with van der Waals surface area (Å²) in [5, 5.41) is 3.37. The van der Waals surface area contributed by atoms with Crippen LogP contribution in [-0.2, 0) is 0 Å². The van der Waals surface area contributed by atoms with Crippen LogP contribution in [0.2, 0.25) is 0 Å². The molecule has 1 aromatic rings. The van der Waals surface area contributed by atoms with Gasteiger partial charge < -0.3 is 26.4 Å². The van der Waals surface area contributed by atoms with Gasteiger partial charge in [0.25, 0.3) is 5.91 Å². The molecule has 22 heavy (non-hydrogen) atoms. The van der Waals surface area contributed by atoms with Gasteiger partial charge in [-0.25, -0.2) is 0 Å². The Kier molecular flexibility index (Phi) is 4.87. The number of nitrogens with two attached hydrogens (primary N) is 2. The highest BCUT2D eigenvalue weighted by Gasteiger charge is 2.22. The number of carbonyl (C=O) groups is 2. The van der Waals surface area contributed by atoms with Crippen molar-refractivity contribution < 1.29 is 14.3 Å². The molecule has 0 spiro atoms. The van der Waals surface area contributed by atoms with Crippen LogP contribution in [-0.4, -0.2) is 50.0 Å². The lowest BCUT2D eigenvalue weighted by Gasteiger charge is -2.31. The maximum atomic E-state index is 11.6. The average molecular weight is 306 g/mol. The van der Waals surface area contributed by atoms with Gasteiger partial charge in [0.1, 0.15) is 5.75 Å². The Bertz CT molecular complexity index is 588. The van der Waals surface area contributed by atoms with Gasteiger partial charge in [0.05, 0.1) is 18.2 Å². The smallest absolute Gasteiger partial charge is 0.253 e. The number of ether oxygens (including phenoxy) is 1. The van der Waals surface area contributed by atoms with Crippen molar-refractivity contribution in [2.45, 2.75) is 18.9 Å². The molecule has 0 radical (unpaired) electrons. The van der Waals surface area contributed by atoms with Gasteiger partial charge in [0, 0.05) is 24.3 Å². The summed E-state index contributed by atoms with van der Waals surface area (Å²) in [6, 6.07) is 3.49. The number of nitrogens with zero attached hydrogens (tertiary/aromatic N) is 1. The Hall–Kier alpha value is -2.28. The van der Waals surface area contributed by atoms with Crippen LogP contribution in [0.1, 0.15) is 33.6 Å². The molecule has 7 heteroatoms. The molecule has 0 bridgehead atoms. The Morgan fingerprint density at radius 3 is 2.59 bits per heavy atom. The maximum absolute atomic E-state index is 11.6. The van der Waals surface area contributed by atoms with E-state index in [0.29, 0.717) is 5.69 Å². The topological polar surface area (TPSA) is 111 Å². The Morgan fingerprint density at radius 2 is 2.05 bits per heavy atom. The van der Waals surface area contributed by atoms with Gasteiger partial charge in [0.15, 0.2) is 0 Å². The second kappa shape index (κ2) is 6.65. The van der Waals surface area contributed by atoms with Crippen LogP contribution in [0.25, 0.3) is 0 Å². The molecule has 2 rings (SSSR count). The lowest BCUT2D eigenvalue weighted by Crippen LogP contribution is -2.39. The van der Waals surface area contributed by atoms with E-state index in [1.165, 1.54) is 7.11 Å². The standard InChI is InChI=1S/C15H22N4O3/c1-19-5-3-4-9(8-19)18-10-6-11(14(16)20)13(15(17)21)12(7-10)22-2/h6-7,9,18H,3-5,8H2,1-2H3,(H2,16,20)(H2,17,21). The average Bonchev–Trinajstić information content (AvgIpc) is 2.45. The number of hydrogen-bond donors (Lipinski definition) is 3. The first kappa shape index (κ1) is 16.1. The predicted octanol–water partition coefficient (Wildman–Crippen LogP) is 0.399. The second-order valence-electron chi connectivity index (χ2n) is 5.58. The monoisotopic (exact) mass is 306 g/mol. The van der Waals surface area contributed by atoms with Crippen LogP contribution in [0.5, 0.6) is 5.75 Å². The minimum Gasteiger partial charge on any atom is -0.496 e. The highest BCUT2D eigenvalue weighted by Crippen LogP contribution is 2.28. The molecule has 1 unspecified atom stereocenters. The molecule has 0 aliphatic carbocycles. The van der Waals surface area contributed by atoms with Crippen molar-refractivity contribution >= 4 is 17.5 Å². The molecule has 1 heterocycles. The summed E-state index contributed by atoms with van der Waals surface area (Å²) in [6.45, 7) is 1.99. The van der Waals surface area contributed by atoms with E-state index in [9.17, 15) is 9.59 Å². The van der Waals surface area contributed by atoms with E-state index in [0.717, 1.165) is 25.9 Å². The van der Waals surface area contributed by atoms with Crippen LogP contribution < -0.4 is 21.5 Å². The molecule has 1 atom stereocenters. The molecule has 0 saturated carbocycles. The van der Waals surface area contributed by atoms with E-state index < -0.39 is 11.8 Å². The maximum Gasteiger partial charge on any atom is 0.253 e. The van der Waals surface area contributed by atoms with Crippen molar-refractivity contribution in [3.05, 3.63) is 23.3 Å². The molecule has 1 aliphatic heterocycles. The van der Waals surface area contributed by atoms with Crippen molar-refractivity contribution in [3.8, 4) is 5.75 Å². The van der Waals surface area contributed by atoms with E-state index >= 15 is 0 Å². The summed E-state index contributed by atoms with van der Waals surface area (Å²) in [5.74, 6) is -1.21.